The summed E-state index contributed by atoms with van der Waals surface area (Å²) in [6.45, 7) is 3.45. The van der Waals surface area contributed by atoms with Gasteiger partial charge in [0.15, 0.2) is 0 Å². The Bertz CT molecular complexity index is 1450. The van der Waals surface area contributed by atoms with E-state index in [1.165, 1.54) is 18.9 Å². The number of rotatable bonds is 11. The Kier molecular flexibility index (Phi) is 10.6. The van der Waals surface area contributed by atoms with E-state index in [9.17, 15) is 24.0 Å². The fraction of sp³-hybridized carbons (Fsp3) is 0.179. The SMILES string of the molecule is CCC(Sc1cccc(NC(=O)/C=C/C(=O)O)c1)C(=O)Nc1sc(C(=O)Nc2ccccc2)c(C)c1C(=O)OC. The van der Waals surface area contributed by atoms with Crippen molar-refractivity contribution in [2.45, 2.75) is 30.4 Å². The number of hydrogen-bond acceptors (Lipinski definition) is 8. The van der Waals surface area contributed by atoms with Crippen molar-refractivity contribution in [1.29, 1.82) is 0 Å². The second-order valence-electron chi connectivity index (χ2n) is 8.26. The molecule has 1 heterocycles. The normalized spacial score (nSPS) is 11.5. The van der Waals surface area contributed by atoms with Crippen LogP contribution in [0.15, 0.2) is 71.6 Å². The van der Waals surface area contributed by atoms with Crippen LogP contribution >= 0.6 is 23.1 Å². The summed E-state index contributed by atoms with van der Waals surface area (Å²) >= 11 is 2.23. The molecule has 10 nitrogen and oxygen atoms in total. The first-order valence-corrected chi connectivity index (χ1v) is 13.7. The van der Waals surface area contributed by atoms with Crippen molar-refractivity contribution in [2.24, 2.45) is 0 Å². The molecule has 4 N–H and O–H groups in total. The lowest BCUT2D eigenvalue weighted by Crippen LogP contribution is -2.25. The van der Waals surface area contributed by atoms with Crippen LogP contribution in [0.25, 0.3) is 0 Å². The lowest BCUT2D eigenvalue weighted by atomic mass is 10.1. The quantitative estimate of drug-likeness (QED) is 0.137. The maximum Gasteiger partial charge on any atom is 0.341 e. The van der Waals surface area contributed by atoms with Gasteiger partial charge in [-0.1, -0.05) is 31.2 Å². The van der Waals surface area contributed by atoms with Gasteiger partial charge in [0.05, 0.1) is 22.8 Å². The molecule has 208 valence electrons. The van der Waals surface area contributed by atoms with E-state index in [1.54, 1.807) is 55.5 Å². The average molecular weight is 582 g/mol. The maximum absolute atomic E-state index is 13.3. The van der Waals surface area contributed by atoms with Crippen molar-refractivity contribution in [1.82, 2.24) is 0 Å². The number of thioether (sulfide) groups is 1. The summed E-state index contributed by atoms with van der Waals surface area (Å²) in [5.41, 5.74) is 1.51. The average Bonchev–Trinajstić information content (AvgIpc) is 3.26. The topological polar surface area (TPSA) is 151 Å². The van der Waals surface area contributed by atoms with Gasteiger partial charge in [0.1, 0.15) is 5.00 Å². The number of benzene rings is 2. The van der Waals surface area contributed by atoms with Crippen LogP contribution in [0.2, 0.25) is 0 Å². The van der Waals surface area contributed by atoms with E-state index in [-0.39, 0.29) is 21.3 Å². The molecule has 3 amide bonds. The van der Waals surface area contributed by atoms with E-state index in [4.69, 9.17) is 9.84 Å². The van der Waals surface area contributed by atoms with E-state index >= 15 is 0 Å². The molecule has 0 bridgehead atoms. The first kappa shape index (κ1) is 30.1. The fourth-order valence-electron chi connectivity index (χ4n) is 3.53. The monoisotopic (exact) mass is 581 g/mol. The zero-order valence-electron chi connectivity index (χ0n) is 21.8. The molecule has 1 aromatic heterocycles. The number of para-hydroxylation sites is 1. The Morgan fingerprint density at radius 2 is 1.68 bits per heavy atom. The Morgan fingerprint density at radius 1 is 0.975 bits per heavy atom. The van der Waals surface area contributed by atoms with Gasteiger partial charge in [0.2, 0.25) is 11.8 Å². The van der Waals surface area contributed by atoms with Gasteiger partial charge in [-0.15, -0.1) is 23.1 Å². The van der Waals surface area contributed by atoms with Crippen molar-refractivity contribution in [2.75, 3.05) is 23.1 Å². The molecular weight excluding hydrogens is 554 g/mol. The van der Waals surface area contributed by atoms with Crippen LogP contribution in [0.3, 0.4) is 0 Å². The van der Waals surface area contributed by atoms with Gasteiger partial charge in [-0.3, -0.25) is 14.4 Å². The Hall–Kier alpha value is -4.42. The highest BCUT2D eigenvalue weighted by molar-refractivity contribution is 8.00. The molecule has 0 spiro atoms. The summed E-state index contributed by atoms with van der Waals surface area (Å²) < 4.78 is 4.92. The number of carbonyl (C=O) groups excluding carboxylic acids is 4. The molecule has 0 aliphatic carbocycles. The molecule has 3 rings (SSSR count). The number of esters is 1. The first-order valence-electron chi connectivity index (χ1n) is 12.0. The third-order valence-electron chi connectivity index (χ3n) is 5.43. The highest BCUT2D eigenvalue weighted by Crippen LogP contribution is 2.36. The van der Waals surface area contributed by atoms with Gasteiger partial charge >= 0.3 is 11.9 Å². The summed E-state index contributed by atoms with van der Waals surface area (Å²) in [4.78, 5) is 62.3. The number of carbonyl (C=O) groups is 5. The number of carboxylic acid groups (broad SMARTS) is 1. The zero-order valence-corrected chi connectivity index (χ0v) is 23.5. The smallest absolute Gasteiger partial charge is 0.341 e. The predicted molar refractivity (Wildman–Crippen MR) is 155 cm³/mol. The highest BCUT2D eigenvalue weighted by Gasteiger charge is 2.28. The maximum atomic E-state index is 13.3. The molecule has 3 aromatic rings. The standard InChI is InChI=1S/C28H27N3O7S2/c1-4-20(39-19-12-8-11-18(15-19)29-21(32)13-14-22(33)34)25(35)31-27-23(28(37)38-3)16(2)24(40-27)26(36)30-17-9-6-5-7-10-17/h5-15,20H,4H2,1-3H3,(H,29,32)(H,30,36)(H,31,35)(H,33,34)/b14-13+. The van der Waals surface area contributed by atoms with E-state index in [2.05, 4.69) is 16.0 Å². The first-order chi connectivity index (χ1) is 19.1. The largest absolute Gasteiger partial charge is 0.478 e. The number of methoxy groups -OCH3 is 1. The number of aliphatic carboxylic acids is 1. The number of thiophene rings is 1. The molecule has 0 fully saturated rings. The number of carboxylic acids is 1. The van der Waals surface area contributed by atoms with Crippen LogP contribution < -0.4 is 16.0 Å². The fourth-order valence-corrected chi connectivity index (χ4v) is 5.64. The summed E-state index contributed by atoms with van der Waals surface area (Å²) in [6, 6.07) is 15.6. The van der Waals surface area contributed by atoms with Crippen molar-refractivity contribution >= 4 is 69.1 Å². The summed E-state index contributed by atoms with van der Waals surface area (Å²) in [5, 5.41) is 16.5. The molecule has 40 heavy (non-hydrogen) atoms. The van der Waals surface area contributed by atoms with Crippen LogP contribution in [0, 0.1) is 6.92 Å². The van der Waals surface area contributed by atoms with E-state index < -0.39 is 29.0 Å². The molecule has 2 aromatic carbocycles. The molecule has 1 unspecified atom stereocenters. The van der Waals surface area contributed by atoms with Crippen LogP contribution in [-0.2, 0) is 19.1 Å². The van der Waals surface area contributed by atoms with Crippen LogP contribution in [0.4, 0.5) is 16.4 Å². The summed E-state index contributed by atoms with van der Waals surface area (Å²) in [5.74, 6) is -3.32. The van der Waals surface area contributed by atoms with Crippen LogP contribution in [0.5, 0.6) is 0 Å². The van der Waals surface area contributed by atoms with Crippen LogP contribution in [-0.4, -0.2) is 47.1 Å². The zero-order chi connectivity index (χ0) is 29.2. The van der Waals surface area contributed by atoms with Crippen LogP contribution in [0.1, 0.15) is 38.9 Å². The molecule has 1 atom stereocenters. The summed E-state index contributed by atoms with van der Waals surface area (Å²) in [6.07, 6.45) is 2.07. The van der Waals surface area contributed by atoms with Crippen molar-refractivity contribution in [3.05, 3.63) is 82.8 Å². The van der Waals surface area contributed by atoms with E-state index in [0.717, 1.165) is 23.5 Å². The number of anilines is 3. The predicted octanol–water partition coefficient (Wildman–Crippen LogP) is 5.18. The van der Waals surface area contributed by atoms with Gasteiger partial charge in [-0.25, -0.2) is 9.59 Å². The number of hydrogen-bond donors (Lipinski definition) is 4. The molecule has 0 aliphatic rings. The minimum atomic E-state index is -1.24. The molecule has 0 saturated carbocycles. The molecule has 0 aliphatic heterocycles. The second kappa shape index (κ2) is 14.1. The van der Waals surface area contributed by atoms with Gasteiger partial charge < -0.3 is 25.8 Å². The second-order valence-corrected chi connectivity index (χ2v) is 10.6. The molecule has 0 radical (unpaired) electrons. The highest BCUT2D eigenvalue weighted by atomic mass is 32.2. The third kappa shape index (κ3) is 8.04. The summed E-state index contributed by atoms with van der Waals surface area (Å²) in [7, 11) is 1.22. The van der Waals surface area contributed by atoms with E-state index in [1.807, 2.05) is 13.0 Å². The van der Waals surface area contributed by atoms with Crippen molar-refractivity contribution < 1.29 is 33.8 Å². The van der Waals surface area contributed by atoms with Gasteiger partial charge in [-0.05, 0) is 49.2 Å². The molecular formula is C28H27N3O7S2. The number of nitrogens with one attached hydrogen (secondary N) is 3. The number of ether oxygens (including phenoxy) is 1. The van der Waals surface area contributed by atoms with Crippen molar-refractivity contribution in [3.8, 4) is 0 Å². The Labute approximate surface area is 238 Å². The third-order valence-corrected chi connectivity index (χ3v) is 8.00. The Balaban J connectivity index is 1.78. The van der Waals surface area contributed by atoms with E-state index in [0.29, 0.717) is 28.3 Å². The van der Waals surface area contributed by atoms with Gasteiger partial charge in [-0.2, -0.15) is 0 Å². The molecule has 0 saturated heterocycles. The number of amides is 3. The van der Waals surface area contributed by atoms with Crippen molar-refractivity contribution in [3.63, 3.8) is 0 Å². The minimum absolute atomic E-state index is 0.109. The lowest BCUT2D eigenvalue weighted by Gasteiger charge is -2.15. The van der Waals surface area contributed by atoms with Gasteiger partial charge in [0, 0.05) is 28.4 Å². The lowest BCUT2D eigenvalue weighted by molar-refractivity contribution is -0.131. The molecule has 12 heteroatoms. The Morgan fingerprint density at radius 3 is 2.33 bits per heavy atom. The van der Waals surface area contributed by atoms with Gasteiger partial charge in [0.25, 0.3) is 5.91 Å². The minimum Gasteiger partial charge on any atom is -0.478 e.